The van der Waals surface area contributed by atoms with Crippen LogP contribution in [-0.2, 0) is 18.3 Å². The molecule has 2 amide bonds. The Morgan fingerprint density at radius 1 is 1.75 bits per heavy atom. The van der Waals surface area contributed by atoms with E-state index in [9.17, 15) is 4.79 Å². The Morgan fingerprint density at radius 2 is 2.62 bits per heavy atom. The highest BCUT2D eigenvalue weighted by Gasteiger charge is 2.17. The van der Waals surface area contributed by atoms with Gasteiger partial charge in [-0.05, 0) is 6.42 Å². The van der Waals surface area contributed by atoms with Gasteiger partial charge in [-0.2, -0.15) is 0 Å². The first kappa shape index (κ1) is 10.9. The molecule has 1 unspecified atom stereocenters. The highest BCUT2D eigenvalue weighted by atomic mass is 16.5. The molecule has 1 aromatic rings. The maximum absolute atomic E-state index is 11.5. The third kappa shape index (κ3) is 2.69. The van der Waals surface area contributed by atoms with E-state index >= 15 is 0 Å². The molecule has 1 aliphatic heterocycles. The molecule has 0 aliphatic carbocycles. The molecular formula is C9H15N5O2. The lowest BCUT2D eigenvalue weighted by Gasteiger charge is -2.11. The number of carbonyl (C=O) groups is 1. The van der Waals surface area contributed by atoms with Gasteiger partial charge in [0, 0.05) is 13.7 Å². The van der Waals surface area contributed by atoms with Crippen molar-refractivity contribution in [2.24, 2.45) is 7.05 Å². The molecule has 0 bridgehead atoms. The summed E-state index contributed by atoms with van der Waals surface area (Å²) in [6.07, 6.45) is 2.47. The molecule has 88 valence electrons. The van der Waals surface area contributed by atoms with Crippen LogP contribution in [-0.4, -0.2) is 40.1 Å². The Morgan fingerprint density at radius 3 is 3.25 bits per heavy atom. The molecule has 1 atom stereocenters. The summed E-state index contributed by atoms with van der Waals surface area (Å²) in [5.41, 5.74) is 0. The van der Waals surface area contributed by atoms with E-state index in [2.05, 4.69) is 20.8 Å². The second kappa shape index (κ2) is 4.93. The predicted octanol–water partition coefficient (Wildman–Crippen LogP) is -0.597. The minimum absolute atomic E-state index is 0.125. The van der Waals surface area contributed by atoms with Crippen LogP contribution in [0.1, 0.15) is 12.2 Å². The Hall–Kier alpha value is -1.63. The Bertz CT molecular complexity index is 359. The molecule has 0 radical (unpaired) electrons. The standard InChI is InChI=1S/C9H15N5O2/c1-14-6-11-13-8(14)4-10-9(15)12-7-2-3-16-5-7/h6-7H,2-5H2,1H3,(H2,10,12,15). The van der Waals surface area contributed by atoms with Gasteiger partial charge in [0.05, 0.1) is 19.2 Å². The maximum atomic E-state index is 11.5. The van der Waals surface area contributed by atoms with Gasteiger partial charge in [0.1, 0.15) is 6.33 Å². The summed E-state index contributed by atoms with van der Waals surface area (Å²) >= 11 is 0. The first-order chi connectivity index (χ1) is 7.75. The molecule has 1 aromatic heterocycles. The van der Waals surface area contributed by atoms with Gasteiger partial charge >= 0.3 is 6.03 Å². The van der Waals surface area contributed by atoms with E-state index in [1.807, 2.05) is 7.05 Å². The number of urea groups is 1. The van der Waals surface area contributed by atoms with Gasteiger partial charge in [0.25, 0.3) is 0 Å². The van der Waals surface area contributed by atoms with Crippen molar-refractivity contribution >= 4 is 6.03 Å². The van der Waals surface area contributed by atoms with Gasteiger partial charge in [-0.15, -0.1) is 10.2 Å². The second-order valence-corrected chi connectivity index (χ2v) is 3.75. The average Bonchev–Trinajstić information content (AvgIpc) is 2.87. The summed E-state index contributed by atoms with van der Waals surface area (Å²) in [4.78, 5) is 11.5. The van der Waals surface area contributed by atoms with Gasteiger partial charge in [0.2, 0.25) is 0 Å². The van der Waals surface area contributed by atoms with E-state index in [1.165, 1.54) is 0 Å². The molecule has 2 heterocycles. The predicted molar refractivity (Wildman–Crippen MR) is 55.6 cm³/mol. The van der Waals surface area contributed by atoms with Crippen molar-refractivity contribution in [2.45, 2.75) is 19.0 Å². The van der Waals surface area contributed by atoms with Crippen molar-refractivity contribution in [3.8, 4) is 0 Å². The molecule has 7 heteroatoms. The monoisotopic (exact) mass is 225 g/mol. The number of rotatable bonds is 3. The fraction of sp³-hybridized carbons (Fsp3) is 0.667. The highest BCUT2D eigenvalue weighted by molar-refractivity contribution is 5.74. The third-order valence-corrected chi connectivity index (χ3v) is 2.48. The van der Waals surface area contributed by atoms with Crippen molar-refractivity contribution in [1.82, 2.24) is 25.4 Å². The topological polar surface area (TPSA) is 81.1 Å². The number of carbonyl (C=O) groups excluding carboxylic acids is 1. The van der Waals surface area contributed by atoms with Crippen molar-refractivity contribution in [2.75, 3.05) is 13.2 Å². The van der Waals surface area contributed by atoms with Gasteiger partial charge in [-0.3, -0.25) is 0 Å². The van der Waals surface area contributed by atoms with E-state index in [0.717, 1.165) is 12.2 Å². The first-order valence-corrected chi connectivity index (χ1v) is 5.20. The van der Waals surface area contributed by atoms with E-state index in [0.29, 0.717) is 19.8 Å². The highest BCUT2D eigenvalue weighted by Crippen LogP contribution is 2.02. The zero-order valence-corrected chi connectivity index (χ0v) is 9.14. The van der Waals surface area contributed by atoms with E-state index in [1.54, 1.807) is 10.9 Å². The number of aryl methyl sites for hydroxylation is 1. The molecule has 0 spiro atoms. The van der Waals surface area contributed by atoms with Gasteiger partial charge in [0.15, 0.2) is 5.82 Å². The van der Waals surface area contributed by atoms with Crippen molar-refractivity contribution in [3.05, 3.63) is 12.2 Å². The van der Waals surface area contributed by atoms with Gasteiger partial charge in [-0.25, -0.2) is 4.79 Å². The molecule has 1 saturated heterocycles. The van der Waals surface area contributed by atoms with Crippen LogP contribution in [0.5, 0.6) is 0 Å². The maximum Gasteiger partial charge on any atom is 0.315 e. The fourth-order valence-electron chi connectivity index (χ4n) is 1.51. The molecular weight excluding hydrogens is 210 g/mol. The quantitative estimate of drug-likeness (QED) is 0.720. The van der Waals surface area contributed by atoms with Crippen LogP contribution in [0.15, 0.2) is 6.33 Å². The van der Waals surface area contributed by atoms with Crippen molar-refractivity contribution < 1.29 is 9.53 Å². The minimum Gasteiger partial charge on any atom is -0.379 e. The molecule has 16 heavy (non-hydrogen) atoms. The average molecular weight is 225 g/mol. The zero-order chi connectivity index (χ0) is 11.4. The molecule has 0 aromatic carbocycles. The normalized spacial score (nSPS) is 19.7. The first-order valence-electron chi connectivity index (χ1n) is 5.20. The van der Waals surface area contributed by atoms with Crippen LogP contribution >= 0.6 is 0 Å². The summed E-state index contributed by atoms with van der Waals surface area (Å²) in [6.45, 7) is 1.68. The van der Waals surface area contributed by atoms with Crippen LogP contribution in [0, 0.1) is 0 Å². The molecule has 0 saturated carbocycles. The summed E-state index contributed by atoms with van der Waals surface area (Å²) in [5, 5.41) is 13.1. The summed E-state index contributed by atoms with van der Waals surface area (Å²) in [7, 11) is 1.83. The summed E-state index contributed by atoms with van der Waals surface area (Å²) < 4.78 is 6.92. The van der Waals surface area contributed by atoms with Crippen LogP contribution in [0.4, 0.5) is 4.79 Å². The second-order valence-electron chi connectivity index (χ2n) is 3.75. The van der Waals surface area contributed by atoms with Crippen molar-refractivity contribution in [3.63, 3.8) is 0 Å². The molecule has 7 nitrogen and oxygen atoms in total. The number of hydrogen-bond donors (Lipinski definition) is 2. The Labute approximate surface area is 93.2 Å². The van der Waals surface area contributed by atoms with E-state index in [-0.39, 0.29) is 12.1 Å². The number of aromatic nitrogens is 3. The lowest BCUT2D eigenvalue weighted by molar-refractivity contribution is 0.188. The number of amides is 2. The summed E-state index contributed by atoms with van der Waals surface area (Å²) in [6, 6.07) is -0.0713. The lowest BCUT2D eigenvalue weighted by atomic mass is 10.3. The largest absolute Gasteiger partial charge is 0.379 e. The van der Waals surface area contributed by atoms with Crippen LogP contribution in [0.2, 0.25) is 0 Å². The molecule has 2 rings (SSSR count). The smallest absolute Gasteiger partial charge is 0.315 e. The third-order valence-electron chi connectivity index (χ3n) is 2.48. The summed E-state index contributed by atoms with van der Waals surface area (Å²) in [5.74, 6) is 0.720. The molecule has 2 N–H and O–H groups in total. The van der Waals surface area contributed by atoms with Crippen LogP contribution in [0.25, 0.3) is 0 Å². The SMILES string of the molecule is Cn1cnnc1CNC(=O)NC1CCOC1. The molecule has 1 fully saturated rings. The fourth-order valence-corrected chi connectivity index (χ4v) is 1.51. The number of ether oxygens (including phenoxy) is 1. The van der Waals surface area contributed by atoms with Crippen LogP contribution < -0.4 is 10.6 Å². The van der Waals surface area contributed by atoms with E-state index < -0.39 is 0 Å². The minimum atomic E-state index is -0.196. The lowest BCUT2D eigenvalue weighted by Crippen LogP contribution is -2.42. The Balaban J connectivity index is 1.73. The number of hydrogen-bond acceptors (Lipinski definition) is 4. The van der Waals surface area contributed by atoms with E-state index in [4.69, 9.17) is 4.74 Å². The number of nitrogens with zero attached hydrogens (tertiary/aromatic N) is 3. The number of nitrogens with one attached hydrogen (secondary N) is 2. The van der Waals surface area contributed by atoms with Gasteiger partial charge in [-0.1, -0.05) is 0 Å². The van der Waals surface area contributed by atoms with Crippen LogP contribution in [0.3, 0.4) is 0 Å². The van der Waals surface area contributed by atoms with Crippen molar-refractivity contribution in [1.29, 1.82) is 0 Å². The Kier molecular flexibility index (Phi) is 3.35. The van der Waals surface area contributed by atoms with Gasteiger partial charge < -0.3 is 19.9 Å². The molecule has 1 aliphatic rings. The zero-order valence-electron chi connectivity index (χ0n) is 9.14.